The number of hydrogen-bond acceptors (Lipinski definition) is 4. The molecule has 0 saturated heterocycles. The molecule has 0 aromatic heterocycles. The van der Waals surface area contributed by atoms with Crippen LogP contribution in [0.1, 0.15) is 12.8 Å². The second-order valence-corrected chi connectivity index (χ2v) is 3.85. The first kappa shape index (κ1) is 14.8. The number of rotatable bonds is 10. The van der Waals surface area contributed by atoms with Gasteiger partial charge in [0.1, 0.15) is 0 Å². The lowest BCUT2D eigenvalue weighted by Crippen LogP contribution is -2.34. The van der Waals surface area contributed by atoms with Crippen LogP contribution in [0.3, 0.4) is 0 Å². The highest BCUT2D eigenvalue weighted by molar-refractivity contribution is 4.79. The van der Waals surface area contributed by atoms with E-state index in [1.807, 2.05) is 0 Å². The summed E-state index contributed by atoms with van der Waals surface area (Å²) in [5.74, 6) is 0. The van der Waals surface area contributed by atoms with Gasteiger partial charge in [-0.1, -0.05) is 0 Å². The van der Waals surface area contributed by atoms with Crippen molar-refractivity contribution in [3.63, 3.8) is 0 Å². The van der Waals surface area contributed by atoms with E-state index in [1.54, 1.807) is 28.4 Å². The van der Waals surface area contributed by atoms with Gasteiger partial charge in [0.05, 0.1) is 13.2 Å². The third kappa shape index (κ3) is 6.10. The van der Waals surface area contributed by atoms with Gasteiger partial charge < -0.3 is 18.9 Å². The molecule has 4 heteroatoms. The van der Waals surface area contributed by atoms with Gasteiger partial charge in [-0.15, -0.1) is 0 Å². The first-order valence-corrected chi connectivity index (χ1v) is 5.20. The zero-order chi connectivity index (χ0) is 11.6. The molecule has 0 amide bonds. The fourth-order valence-electron chi connectivity index (χ4n) is 1.70. The summed E-state index contributed by atoms with van der Waals surface area (Å²) in [5.41, 5.74) is 0.00944. The Hall–Kier alpha value is -0.160. The largest absolute Gasteiger partial charge is 0.385 e. The van der Waals surface area contributed by atoms with Gasteiger partial charge in [0.15, 0.2) is 0 Å². The van der Waals surface area contributed by atoms with Gasteiger partial charge in [-0.3, -0.25) is 0 Å². The topological polar surface area (TPSA) is 36.9 Å². The van der Waals surface area contributed by atoms with Crippen molar-refractivity contribution >= 4 is 0 Å². The molecule has 0 aliphatic heterocycles. The van der Waals surface area contributed by atoms with Crippen LogP contribution in [0.4, 0.5) is 0 Å². The Balaban J connectivity index is 4.26. The van der Waals surface area contributed by atoms with Gasteiger partial charge in [-0.25, -0.2) is 0 Å². The molecule has 0 spiro atoms. The Morgan fingerprint density at radius 2 is 1.07 bits per heavy atom. The van der Waals surface area contributed by atoms with Crippen LogP contribution in [0.25, 0.3) is 0 Å². The normalized spacial score (nSPS) is 12.0. The average molecular weight is 220 g/mol. The van der Waals surface area contributed by atoms with E-state index in [-0.39, 0.29) is 5.41 Å². The highest BCUT2D eigenvalue weighted by Crippen LogP contribution is 2.27. The molecule has 0 aromatic rings. The fraction of sp³-hybridized carbons (Fsp3) is 1.00. The predicted octanol–water partition coefficient (Wildman–Crippen LogP) is 1.34. The Bertz CT molecular complexity index is 123. The van der Waals surface area contributed by atoms with Crippen molar-refractivity contribution in [1.82, 2.24) is 0 Å². The Morgan fingerprint density at radius 3 is 1.33 bits per heavy atom. The molecular formula is C11H24O4. The predicted molar refractivity (Wildman–Crippen MR) is 59.2 cm³/mol. The average Bonchev–Trinajstić information content (AvgIpc) is 2.24. The lowest BCUT2D eigenvalue weighted by Gasteiger charge is -2.32. The number of methoxy groups -OCH3 is 4. The molecule has 15 heavy (non-hydrogen) atoms. The standard InChI is InChI=1S/C11H24O4/c1-12-7-5-11(9-14-3,10-15-4)6-8-13-2/h5-10H2,1-4H3. The van der Waals surface area contributed by atoms with Crippen molar-refractivity contribution in [3.05, 3.63) is 0 Å². The second-order valence-electron chi connectivity index (χ2n) is 3.85. The van der Waals surface area contributed by atoms with Crippen LogP contribution in [0.5, 0.6) is 0 Å². The Morgan fingerprint density at radius 1 is 0.667 bits per heavy atom. The molecule has 0 unspecified atom stereocenters. The quantitative estimate of drug-likeness (QED) is 0.557. The molecular weight excluding hydrogens is 196 g/mol. The van der Waals surface area contributed by atoms with Gasteiger partial charge in [-0.2, -0.15) is 0 Å². The molecule has 0 saturated carbocycles. The van der Waals surface area contributed by atoms with Crippen LogP contribution in [-0.2, 0) is 18.9 Å². The maximum atomic E-state index is 5.26. The van der Waals surface area contributed by atoms with E-state index >= 15 is 0 Å². The van der Waals surface area contributed by atoms with Crippen LogP contribution < -0.4 is 0 Å². The number of ether oxygens (including phenoxy) is 4. The van der Waals surface area contributed by atoms with E-state index in [1.165, 1.54) is 0 Å². The summed E-state index contributed by atoms with van der Waals surface area (Å²) >= 11 is 0. The lowest BCUT2D eigenvalue weighted by molar-refractivity contribution is -0.0270. The molecule has 0 aromatic carbocycles. The first-order valence-electron chi connectivity index (χ1n) is 5.20. The van der Waals surface area contributed by atoms with Gasteiger partial charge >= 0.3 is 0 Å². The summed E-state index contributed by atoms with van der Waals surface area (Å²) in [4.78, 5) is 0. The summed E-state index contributed by atoms with van der Waals surface area (Å²) in [6, 6.07) is 0. The van der Waals surface area contributed by atoms with Crippen LogP contribution in [0.15, 0.2) is 0 Å². The molecule has 0 heterocycles. The molecule has 92 valence electrons. The minimum absolute atomic E-state index is 0.00944. The van der Waals surface area contributed by atoms with Crippen molar-refractivity contribution in [1.29, 1.82) is 0 Å². The number of hydrogen-bond donors (Lipinski definition) is 0. The third-order valence-electron chi connectivity index (χ3n) is 2.57. The smallest absolute Gasteiger partial charge is 0.0542 e. The minimum Gasteiger partial charge on any atom is -0.385 e. The molecule has 0 N–H and O–H groups in total. The van der Waals surface area contributed by atoms with Crippen LogP contribution in [0.2, 0.25) is 0 Å². The molecule has 0 aliphatic rings. The zero-order valence-corrected chi connectivity index (χ0v) is 10.4. The molecule has 0 rings (SSSR count). The summed E-state index contributed by atoms with van der Waals surface area (Å²) in [5, 5.41) is 0. The summed E-state index contributed by atoms with van der Waals surface area (Å²) in [6.07, 6.45) is 1.85. The second kappa shape index (κ2) is 9.09. The van der Waals surface area contributed by atoms with Gasteiger partial charge in [0.25, 0.3) is 0 Å². The minimum atomic E-state index is 0.00944. The molecule has 0 radical (unpaired) electrons. The van der Waals surface area contributed by atoms with Crippen LogP contribution in [0, 0.1) is 5.41 Å². The molecule has 0 bridgehead atoms. The van der Waals surface area contributed by atoms with E-state index in [9.17, 15) is 0 Å². The fourth-order valence-corrected chi connectivity index (χ4v) is 1.70. The van der Waals surface area contributed by atoms with Crippen molar-refractivity contribution < 1.29 is 18.9 Å². The van der Waals surface area contributed by atoms with E-state index in [0.717, 1.165) is 26.1 Å². The lowest BCUT2D eigenvalue weighted by atomic mass is 9.83. The Labute approximate surface area is 92.8 Å². The summed E-state index contributed by atoms with van der Waals surface area (Å²) < 4.78 is 20.8. The van der Waals surface area contributed by atoms with Crippen molar-refractivity contribution in [3.8, 4) is 0 Å². The van der Waals surface area contributed by atoms with Crippen LogP contribution in [-0.4, -0.2) is 54.9 Å². The van der Waals surface area contributed by atoms with E-state index in [0.29, 0.717) is 13.2 Å². The van der Waals surface area contributed by atoms with E-state index < -0.39 is 0 Å². The van der Waals surface area contributed by atoms with Crippen molar-refractivity contribution in [2.75, 3.05) is 54.9 Å². The van der Waals surface area contributed by atoms with Gasteiger partial charge in [0, 0.05) is 47.1 Å². The van der Waals surface area contributed by atoms with E-state index in [2.05, 4.69) is 0 Å². The van der Waals surface area contributed by atoms with Gasteiger partial charge in [-0.05, 0) is 12.8 Å². The zero-order valence-electron chi connectivity index (χ0n) is 10.4. The maximum Gasteiger partial charge on any atom is 0.0542 e. The molecule has 4 nitrogen and oxygen atoms in total. The maximum absolute atomic E-state index is 5.26. The highest BCUT2D eigenvalue weighted by atomic mass is 16.5. The monoisotopic (exact) mass is 220 g/mol. The van der Waals surface area contributed by atoms with Crippen molar-refractivity contribution in [2.45, 2.75) is 12.8 Å². The first-order chi connectivity index (χ1) is 7.24. The van der Waals surface area contributed by atoms with Crippen molar-refractivity contribution in [2.24, 2.45) is 5.41 Å². The molecule has 0 atom stereocenters. The van der Waals surface area contributed by atoms with E-state index in [4.69, 9.17) is 18.9 Å². The third-order valence-corrected chi connectivity index (χ3v) is 2.57. The SMILES string of the molecule is COCCC(CCOC)(COC)COC. The molecule has 0 fully saturated rings. The summed E-state index contributed by atoms with van der Waals surface area (Å²) in [6.45, 7) is 2.79. The van der Waals surface area contributed by atoms with Gasteiger partial charge in [0.2, 0.25) is 0 Å². The summed E-state index contributed by atoms with van der Waals surface area (Å²) in [7, 11) is 6.84. The van der Waals surface area contributed by atoms with Crippen LogP contribution >= 0.6 is 0 Å². The highest BCUT2D eigenvalue weighted by Gasteiger charge is 2.29. The Kier molecular flexibility index (Phi) is 9.00. The molecule has 0 aliphatic carbocycles.